The molecule has 0 spiro atoms. The van der Waals surface area contributed by atoms with Gasteiger partial charge < -0.3 is 24.9 Å². The summed E-state index contributed by atoms with van der Waals surface area (Å²) in [5.74, 6) is 0.666. The Kier molecular flexibility index (Phi) is 6.06. The highest BCUT2D eigenvalue weighted by Crippen LogP contribution is 2.41. The Hall–Kier alpha value is -3.49. The third kappa shape index (κ3) is 4.60. The molecule has 3 N–H and O–H groups in total. The van der Waals surface area contributed by atoms with Gasteiger partial charge in [-0.15, -0.1) is 0 Å². The Morgan fingerprint density at radius 1 is 1.06 bits per heavy atom. The van der Waals surface area contributed by atoms with Gasteiger partial charge in [0.15, 0.2) is 12.6 Å². The Morgan fingerprint density at radius 2 is 1.76 bits per heavy atom. The van der Waals surface area contributed by atoms with E-state index < -0.39 is 6.10 Å². The minimum atomic E-state index is -0.616. The van der Waals surface area contributed by atoms with Gasteiger partial charge >= 0.3 is 0 Å². The zero-order valence-electron chi connectivity index (χ0n) is 20.0. The number of imidazole rings is 1. The summed E-state index contributed by atoms with van der Waals surface area (Å²) in [5, 5.41) is 11.2. The van der Waals surface area contributed by atoms with E-state index in [0.717, 1.165) is 17.5 Å². The third-order valence-corrected chi connectivity index (χ3v) is 6.56. The largest absolute Gasteiger partial charge is 0.471 e. The number of hydrogen-bond donors (Lipinski definition) is 2. The molecule has 0 saturated heterocycles. The Bertz CT molecular complexity index is 1250. The van der Waals surface area contributed by atoms with Gasteiger partial charge in [0, 0.05) is 5.92 Å². The number of nitrogen functional groups attached to an aromatic ring is 1. The van der Waals surface area contributed by atoms with E-state index in [-0.39, 0.29) is 23.8 Å². The van der Waals surface area contributed by atoms with E-state index in [1.807, 2.05) is 65.2 Å². The van der Waals surface area contributed by atoms with E-state index in [2.05, 4.69) is 27.6 Å². The molecule has 2 heterocycles. The van der Waals surface area contributed by atoms with Gasteiger partial charge in [-0.2, -0.15) is 9.97 Å². The number of aliphatic hydroxyl groups excluding tert-OH is 1. The van der Waals surface area contributed by atoms with Crippen molar-refractivity contribution in [1.29, 1.82) is 0 Å². The predicted molar refractivity (Wildman–Crippen MR) is 129 cm³/mol. The van der Waals surface area contributed by atoms with Crippen LogP contribution in [0.1, 0.15) is 30.5 Å². The molecule has 0 unspecified atom stereocenters. The quantitative estimate of drug-likeness (QED) is 0.391. The summed E-state index contributed by atoms with van der Waals surface area (Å²) < 4.78 is 21.4. The number of anilines is 1. The van der Waals surface area contributed by atoms with Crippen molar-refractivity contribution < 1.29 is 16.0 Å². The van der Waals surface area contributed by atoms with Crippen LogP contribution in [0, 0.1) is 11.8 Å². The Balaban J connectivity index is 1.34. The van der Waals surface area contributed by atoms with Crippen LogP contribution in [-0.4, -0.2) is 37.3 Å². The van der Waals surface area contributed by atoms with E-state index in [1.54, 1.807) is 6.33 Å². The first kappa shape index (κ1) is 21.1. The lowest BCUT2D eigenvalue weighted by atomic mass is 9.98. The second-order valence-corrected chi connectivity index (χ2v) is 8.89. The fourth-order valence-electron chi connectivity index (χ4n) is 4.71. The molecule has 0 bridgehead atoms. The molecule has 1 aliphatic rings. The van der Waals surface area contributed by atoms with Gasteiger partial charge in [0.05, 0.1) is 31.7 Å². The molecule has 0 aliphatic heterocycles. The zero-order chi connectivity index (χ0) is 24.2. The number of benzene rings is 2. The van der Waals surface area contributed by atoms with Crippen LogP contribution in [0.15, 0.2) is 67.0 Å². The number of ether oxygens (including phenoxy) is 2. The maximum atomic E-state index is 11.2. The van der Waals surface area contributed by atoms with Crippen molar-refractivity contribution in [2.75, 3.05) is 12.3 Å². The molecule has 4 aromatic rings. The summed E-state index contributed by atoms with van der Waals surface area (Å²) in [6, 6.07) is 19.6. The maximum Gasteiger partial charge on any atom is 0.247 e. The molecule has 0 radical (unpaired) electrons. The zero-order valence-corrected chi connectivity index (χ0v) is 19.0. The molecular formula is C26H29N5O3. The number of nitrogens with two attached hydrogens (primary N) is 1. The number of hydrogen-bond acceptors (Lipinski definition) is 7. The molecule has 1 saturated carbocycles. The lowest BCUT2D eigenvalue weighted by molar-refractivity contribution is 0.0135. The predicted octanol–water partition coefficient (Wildman–Crippen LogP) is 3.76. The second-order valence-electron chi connectivity index (χ2n) is 8.89. The van der Waals surface area contributed by atoms with E-state index in [9.17, 15) is 5.11 Å². The normalized spacial score (nSPS) is 22.6. The van der Waals surface area contributed by atoms with Crippen LogP contribution in [0.3, 0.4) is 0 Å². The standard InChI is InChI=1S/C26H29N5O3/c1-17-12-21(23(32)20(17)15-33-13-18-8-4-2-5-9-18)31-16-28-22-24(31)29-26(27)30-25(22)34-14-19-10-6-3-7-11-19/h2-11,16-17,20-21,23,32H,12-15H2,1H3,(H2,27,29,30)/t17-,20+,21-,23-/m0/s1/i/hT. The Morgan fingerprint density at radius 3 is 2.47 bits per heavy atom. The summed E-state index contributed by atoms with van der Waals surface area (Å²) in [5.41, 5.74) is 5.40. The van der Waals surface area contributed by atoms with Crippen molar-refractivity contribution in [3.05, 3.63) is 78.1 Å². The van der Waals surface area contributed by atoms with E-state index in [1.165, 1.54) is 0 Å². The lowest BCUT2D eigenvalue weighted by Gasteiger charge is -2.22. The van der Waals surface area contributed by atoms with E-state index in [4.69, 9.17) is 10.9 Å². The summed E-state index contributed by atoms with van der Waals surface area (Å²) >= 11 is 0. The molecule has 8 heteroatoms. The molecule has 4 atom stereocenters. The molecule has 176 valence electrons. The monoisotopic (exact) mass is 461 g/mol. The van der Waals surface area contributed by atoms with Crippen LogP contribution in [0.25, 0.3) is 11.2 Å². The second kappa shape index (κ2) is 9.79. The number of aromatic nitrogens is 4. The number of fused-ring (bicyclic) bond motifs is 1. The average Bonchev–Trinajstić information content (AvgIpc) is 3.44. The topological polar surface area (TPSA) is 108 Å². The summed E-state index contributed by atoms with van der Waals surface area (Å²) in [4.78, 5) is 13.3. The van der Waals surface area contributed by atoms with Crippen LogP contribution in [0.2, 0.25) is 1.41 Å². The van der Waals surface area contributed by atoms with Gasteiger partial charge in [0.1, 0.15) is 6.61 Å². The molecule has 2 aromatic carbocycles. The molecule has 1 fully saturated rings. The average molecular weight is 462 g/mol. The highest BCUT2D eigenvalue weighted by atomic mass is 16.5. The van der Waals surface area contributed by atoms with Crippen LogP contribution in [0.5, 0.6) is 5.88 Å². The van der Waals surface area contributed by atoms with Crippen LogP contribution in [-0.2, 0) is 18.0 Å². The minimum Gasteiger partial charge on any atom is -0.471 e. The fraction of sp³-hybridized carbons (Fsp3) is 0.346. The van der Waals surface area contributed by atoms with Gasteiger partial charge in [-0.1, -0.05) is 67.6 Å². The van der Waals surface area contributed by atoms with Crippen molar-refractivity contribution in [3.8, 4) is 5.88 Å². The third-order valence-electron chi connectivity index (χ3n) is 6.56. The molecule has 0 amide bonds. The van der Waals surface area contributed by atoms with Crippen LogP contribution in [0.4, 0.5) is 5.95 Å². The summed E-state index contributed by atoms with van der Waals surface area (Å²) in [6.45, 7) is 3.45. The SMILES string of the molecule is [3H]Nc1nc(OCc2ccccc2)c2ncn([C@H]3C[C@H](C)[C@@H](COCc4ccccc4)[C@@H]3O)c2n1. The van der Waals surface area contributed by atoms with Gasteiger partial charge in [-0.3, -0.25) is 0 Å². The number of nitrogens with zero attached hydrogens (tertiary/aromatic N) is 4. The first-order valence-electron chi connectivity index (χ1n) is 12.0. The summed E-state index contributed by atoms with van der Waals surface area (Å²) in [7, 11) is 0. The molecule has 2 aromatic heterocycles. The first-order valence-corrected chi connectivity index (χ1v) is 11.5. The molecule has 5 rings (SSSR count). The van der Waals surface area contributed by atoms with Crippen molar-refractivity contribution in [2.45, 2.75) is 38.7 Å². The molecule has 34 heavy (non-hydrogen) atoms. The minimum absolute atomic E-state index is 0.00873. The van der Waals surface area contributed by atoms with Gasteiger partial charge in [-0.05, 0) is 23.5 Å². The molecular weight excluding hydrogens is 430 g/mol. The van der Waals surface area contributed by atoms with Crippen LogP contribution < -0.4 is 10.5 Å². The maximum absolute atomic E-state index is 11.2. The van der Waals surface area contributed by atoms with E-state index >= 15 is 0 Å². The fourth-order valence-corrected chi connectivity index (χ4v) is 4.71. The lowest BCUT2D eigenvalue weighted by Crippen LogP contribution is -2.28. The smallest absolute Gasteiger partial charge is 0.247 e. The number of rotatable bonds is 9. The highest BCUT2D eigenvalue weighted by Gasteiger charge is 2.42. The van der Waals surface area contributed by atoms with Crippen LogP contribution >= 0.6 is 0 Å². The van der Waals surface area contributed by atoms with Gasteiger partial charge in [-0.25, -0.2) is 4.98 Å². The van der Waals surface area contributed by atoms with Gasteiger partial charge in [0.25, 0.3) is 0 Å². The van der Waals surface area contributed by atoms with Gasteiger partial charge in [0.2, 0.25) is 11.8 Å². The Labute approximate surface area is 199 Å². The van der Waals surface area contributed by atoms with Crippen molar-refractivity contribution in [1.82, 2.24) is 19.5 Å². The van der Waals surface area contributed by atoms with Crippen molar-refractivity contribution in [2.24, 2.45) is 11.8 Å². The summed E-state index contributed by atoms with van der Waals surface area (Å²) in [6.07, 6.45) is 1.82. The number of aliphatic hydroxyl groups is 1. The van der Waals surface area contributed by atoms with E-state index in [0.29, 0.717) is 36.9 Å². The molecule has 8 nitrogen and oxygen atoms in total. The molecule has 1 aliphatic carbocycles. The van der Waals surface area contributed by atoms with Crippen molar-refractivity contribution in [3.63, 3.8) is 0 Å². The first-order chi connectivity index (χ1) is 17.1. The van der Waals surface area contributed by atoms with Crippen molar-refractivity contribution >= 4 is 17.1 Å². The highest BCUT2D eigenvalue weighted by molar-refractivity contribution is 5.77.